The standard InChI is InChI=1S/C15H30N2O/c1-3-16-15-6-4-5-13(15)7-10-17-11-8-14(18-2)9-12-17/h13-16H,3-12H2,1-2H3. The van der Waals surface area contributed by atoms with Crippen molar-refractivity contribution in [3.8, 4) is 0 Å². The summed E-state index contributed by atoms with van der Waals surface area (Å²) in [5, 5.41) is 3.66. The van der Waals surface area contributed by atoms with Gasteiger partial charge < -0.3 is 15.0 Å². The average Bonchev–Trinajstić information content (AvgIpc) is 2.85. The van der Waals surface area contributed by atoms with Gasteiger partial charge in [-0.2, -0.15) is 0 Å². The first-order chi connectivity index (χ1) is 8.83. The van der Waals surface area contributed by atoms with Crippen LogP contribution in [0.4, 0.5) is 0 Å². The molecule has 0 amide bonds. The van der Waals surface area contributed by atoms with Gasteiger partial charge in [-0.15, -0.1) is 0 Å². The van der Waals surface area contributed by atoms with Crippen LogP contribution in [0.1, 0.15) is 45.4 Å². The van der Waals surface area contributed by atoms with Crippen LogP contribution < -0.4 is 5.32 Å². The van der Waals surface area contributed by atoms with Crippen LogP contribution in [0.25, 0.3) is 0 Å². The van der Waals surface area contributed by atoms with Crippen LogP contribution in [-0.4, -0.2) is 50.3 Å². The molecular formula is C15H30N2O. The second-order valence-corrected chi connectivity index (χ2v) is 5.92. The fourth-order valence-electron chi connectivity index (χ4n) is 3.63. The quantitative estimate of drug-likeness (QED) is 0.787. The molecule has 0 spiro atoms. The number of nitrogens with zero attached hydrogens (tertiary/aromatic N) is 1. The molecule has 2 fully saturated rings. The third kappa shape index (κ3) is 3.94. The van der Waals surface area contributed by atoms with Gasteiger partial charge in [0.2, 0.25) is 0 Å². The molecule has 1 N–H and O–H groups in total. The molecule has 0 aromatic rings. The predicted molar refractivity (Wildman–Crippen MR) is 75.9 cm³/mol. The van der Waals surface area contributed by atoms with E-state index in [2.05, 4.69) is 17.1 Å². The maximum atomic E-state index is 5.43. The number of hydrogen-bond acceptors (Lipinski definition) is 3. The Balaban J connectivity index is 1.65. The van der Waals surface area contributed by atoms with Crippen LogP contribution in [0.2, 0.25) is 0 Å². The van der Waals surface area contributed by atoms with Crippen LogP contribution in [0.3, 0.4) is 0 Å². The smallest absolute Gasteiger partial charge is 0.0595 e. The highest BCUT2D eigenvalue weighted by Crippen LogP contribution is 2.29. The Hall–Kier alpha value is -0.120. The topological polar surface area (TPSA) is 24.5 Å². The molecule has 0 radical (unpaired) electrons. The lowest BCUT2D eigenvalue weighted by atomic mass is 9.98. The summed E-state index contributed by atoms with van der Waals surface area (Å²) < 4.78 is 5.43. The van der Waals surface area contributed by atoms with Crippen LogP contribution in [0.5, 0.6) is 0 Å². The molecule has 2 unspecified atom stereocenters. The van der Waals surface area contributed by atoms with Gasteiger partial charge in [0.25, 0.3) is 0 Å². The first kappa shape index (κ1) is 14.3. The Morgan fingerprint density at radius 3 is 2.61 bits per heavy atom. The molecule has 1 saturated carbocycles. The molecule has 0 aromatic heterocycles. The molecule has 1 saturated heterocycles. The third-order valence-electron chi connectivity index (χ3n) is 4.81. The van der Waals surface area contributed by atoms with Gasteiger partial charge in [-0.3, -0.25) is 0 Å². The molecule has 0 bridgehead atoms. The maximum absolute atomic E-state index is 5.43. The minimum atomic E-state index is 0.516. The monoisotopic (exact) mass is 254 g/mol. The van der Waals surface area contributed by atoms with E-state index in [-0.39, 0.29) is 0 Å². The van der Waals surface area contributed by atoms with Crippen molar-refractivity contribution in [2.75, 3.05) is 33.3 Å². The summed E-state index contributed by atoms with van der Waals surface area (Å²) in [5.74, 6) is 0.921. The first-order valence-corrected chi connectivity index (χ1v) is 7.82. The number of hydrogen-bond donors (Lipinski definition) is 1. The van der Waals surface area contributed by atoms with E-state index in [9.17, 15) is 0 Å². The molecule has 2 atom stereocenters. The average molecular weight is 254 g/mol. The van der Waals surface area contributed by atoms with Gasteiger partial charge in [-0.05, 0) is 51.1 Å². The van der Waals surface area contributed by atoms with Gasteiger partial charge in [0.15, 0.2) is 0 Å². The molecule has 0 aromatic carbocycles. The summed E-state index contributed by atoms with van der Waals surface area (Å²) in [6.45, 7) is 7.11. The van der Waals surface area contributed by atoms with Crippen LogP contribution >= 0.6 is 0 Å². The fourth-order valence-corrected chi connectivity index (χ4v) is 3.63. The molecule has 18 heavy (non-hydrogen) atoms. The number of ether oxygens (including phenoxy) is 1. The highest BCUT2D eigenvalue weighted by molar-refractivity contribution is 4.84. The zero-order chi connectivity index (χ0) is 12.8. The summed E-state index contributed by atoms with van der Waals surface area (Å²) in [4.78, 5) is 2.64. The minimum absolute atomic E-state index is 0.516. The summed E-state index contributed by atoms with van der Waals surface area (Å²) in [6, 6.07) is 0.798. The lowest BCUT2D eigenvalue weighted by molar-refractivity contribution is 0.0393. The van der Waals surface area contributed by atoms with Crippen molar-refractivity contribution < 1.29 is 4.74 Å². The second-order valence-electron chi connectivity index (χ2n) is 5.92. The van der Waals surface area contributed by atoms with Crippen molar-refractivity contribution in [1.29, 1.82) is 0 Å². The van der Waals surface area contributed by atoms with E-state index in [1.807, 2.05) is 7.11 Å². The van der Waals surface area contributed by atoms with Gasteiger partial charge in [-0.1, -0.05) is 13.3 Å². The summed E-state index contributed by atoms with van der Waals surface area (Å²) in [6.07, 6.45) is 8.59. The van der Waals surface area contributed by atoms with Crippen LogP contribution in [0, 0.1) is 5.92 Å². The zero-order valence-electron chi connectivity index (χ0n) is 12.2. The van der Waals surface area contributed by atoms with E-state index < -0.39 is 0 Å². The summed E-state index contributed by atoms with van der Waals surface area (Å²) in [5.41, 5.74) is 0. The normalized spacial score (nSPS) is 31.0. The van der Waals surface area contributed by atoms with Gasteiger partial charge in [0, 0.05) is 26.2 Å². The van der Waals surface area contributed by atoms with Crippen molar-refractivity contribution >= 4 is 0 Å². The number of methoxy groups -OCH3 is 1. The lowest BCUT2D eigenvalue weighted by Gasteiger charge is -2.32. The van der Waals surface area contributed by atoms with E-state index in [1.54, 1.807) is 0 Å². The fraction of sp³-hybridized carbons (Fsp3) is 1.00. The van der Waals surface area contributed by atoms with Crippen molar-refractivity contribution in [3.05, 3.63) is 0 Å². The summed E-state index contributed by atoms with van der Waals surface area (Å²) in [7, 11) is 1.85. The van der Waals surface area contributed by atoms with Crippen molar-refractivity contribution in [2.45, 2.75) is 57.6 Å². The van der Waals surface area contributed by atoms with Gasteiger partial charge in [-0.25, -0.2) is 0 Å². The second kappa shape index (κ2) is 7.46. The Kier molecular flexibility index (Phi) is 5.93. The number of piperidine rings is 1. The van der Waals surface area contributed by atoms with Crippen molar-refractivity contribution in [2.24, 2.45) is 5.92 Å². The highest BCUT2D eigenvalue weighted by atomic mass is 16.5. The van der Waals surface area contributed by atoms with E-state index >= 15 is 0 Å². The van der Waals surface area contributed by atoms with Gasteiger partial charge in [0.1, 0.15) is 0 Å². The molecule has 3 heteroatoms. The van der Waals surface area contributed by atoms with Gasteiger partial charge >= 0.3 is 0 Å². The maximum Gasteiger partial charge on any atom is 0.0595 e. The molecule has 2 rings (SSSR count). The predicted octanol–water partition coefficient (Wildman–Crippen LogP) is 2.27. The van der Waals surface area contributed by atoms with Crippen molar-refractivity contribution in [1.82, 2.24) is 10.2 Å². The minimum Gasteiger partial charge on any atom is -0.381 e. The Labute approximate surface area is 112 Å². The lowest BCUT2D eigenvalue weighted by Crippen LogP contribution is -2.39. The molecule has 1 heterocycles. The number of rotatable bonds is 6. The molecule has 2 aliphatic rings. The van der Waals surface area contributed by atoms with Crippen LogP contribution in [-0.2, 0) is 4.74 Å². The molecule has 106 valence electrons. The molecule has 1 aliphatic heterocycles. The van der Waals surface area contributed by atoms with E-state index in [4.69, 9.17) is 4.74 Å². The van der Waals surface area contributed by atoms with E-state index in [0.29, 0.717) is 6.10 Å². The Bertz CT molecular complexity index is 227. The van der Waals surface area contributed by atoms with E-state index in [0.717, 1.165) is 18.5 Å². The van der Waals surface area contributed by atoms with Crippen LogP contribution in [0.15, 0.2) is 0 Å². The molecular weight excluding hydrogens is 224 g/mol. The molecule has 3 nitrogen and oxygen atoms in total. The number of nitrogens with one attached hydrogen (secondary N) is 1. The van der Waals surface area contributed by atoms with Gasteiger partial charge in [0.05, 0.1) is 6.10 Å². The largest absolute Gasteiger partial charge is 0.381 e. The van der Waals surface area contributed by atoms with Crippen molar-refractivity contribution in [3.63, 3.8) is 0 Å². The Morgan fingerprint density at radius 1 is 1.17 bits per heavy atom. The molecule has 1 aliphatic carbocycles. The SMILES string of the molecule is CCNC1CCCC1CCN1CCC(OC)CC1. The first-order valence-electron chi connectivity index (χ1n) is 7.82. The Morgan fingerprint density at radius 2 is 1.94 bits per heavy atom. The summed E-state index contributed by atoms with van der Waals surface area (Å²) >= 11 is 0. The highest BCUT2D eigenvalue weighted by Gasteiger charge is 2.27. The zero-order valence-corrected chi connectivity index (χ0v) is 12.2. The third-order valence-corrected chi connectivity index (χ3v) is 4.81. The van der Waals surface area contributed by atoms with E-state index in [1.165, 1.54) is 58.2 Å². The number of likely N-dealkylation sites (tertiary alicyclic amines) is 1.